The first-order chi connectivity index (χ1) is 9.88. The van der Waals surface area contributed by atoms with Crippen LogP contribution in [0.5, 0.6) is 0 Å². The number of likely N-dealkylation sites (tertiary alicyclic amines) is 1. The molecule has 1 aliphatic heterocycles. The van der Waals surface area contributed by atoms with Gasteiger partial charge < -0.3 is 20.6 Å². The van der Waals surface area contributed by atoms with Crippen molar-refractivity contribution >= 4 is 6.03 Å². The van der Waals surface area contributed by atoms with Crippen LogP contribution in [0.2, 0.25) is 0 Å². The van der Waals surface area contributed by atoms with E-state index in [-0.39, 0.29) is 24.2 Å². The Bertz CT molecular complexity index is 325. The molecule has 5 nitrogen and oxygen atoms in total. The maximum absolute atomic E-state index is 12.1. The van der Waals surface area contributed by atoms with Gasteiger partial charge in [-0.05, 0) is 52.0 Å². The first-order valence-electron chi connectivity index (χ1n) is 8.30. The van der Waals surface area contributed by atoms with Gasteiger partial charge >= 0.3 is 6.03 Å². The van der Waals surface area contributed by atoms with Gasteiger partial charge in [-0.25, -0.2) is 4.79 Å². The van der Waals surface area contributed by atoms with Crippen LogP contribution in [0, 0.1) is 5.92 Å². The highest BCUT2D eigenvalue weighted by atomic mass is 16.3. The molecule has 0 saturated carbocycles. The van der Waals surface area contributed by atoms with Crippen molar-refractivity contribution < 1.29 is 9.90 Å². The molecule has 3 atom stereocenters. The molecule has 5 heteroatoms. The van der Waals surface area contributed by atoms with Crippen LogP contribution in [0.1, 0.15) is 53.4 Å². The Balaban J connectivity index is 2.36. The van der Waals surface area contributed by atoms with Gasteiger partial charge in [-0.1, -0.05) is 13.8 Å². The van der Waals surface area contributed by atoms with E-state index in [1.54, 1.807) is 0 Å². The summed E-state index contributed by atoms with van der Waals surface area (Å²) in [6.07, 6.45) is 3.95. The second-order valence-corrected chi connectivity index (χ2v) is 6.89. The SMILES string of the molecule is CCC(C)(CCO)NC(=O)NC(C)CN1CCCC(C)C1. The lowest BCUT2D eigenvalue weighted by atomic mass is 9.95. The van der Waals surface area contributed by atoms with Crippen molar-refractivity contribution in [3.8, 4) is 0 Å². The minimum Gasteiger partial charge on any atom is -0.396 e. The van der Waals surface area contributed by atoms with Gasteiger partial charge in [-0.3, -0.25) is 0 Å². The summed E-state index contributed by atoms with van der Waals surface area (Å²) in [6, 6.07) is -0.00381. The van der Waals surface area contributed by atoms with Gasteiger partial charge in [0.2, 0.25) is 0 Å². The fourth-order valence-electron chi connectivity index (χ4n) is 2.99. The average molecular weight is 299 g/mol. The third-order valence-corrected chi connectivity index (χ3v) is 4.51. The molecule has 0 aromatic carbocycles. The van der Waals surface area contributed by atoms with Crippen LogP contribution >= 0.6 is 0 Å². The van der Waals surface area contributed by atoms with E-state index in [2.05, 4.69) is 22.5 Å². The van der Waals surface area contributed by atoms with Crippen molar-refractivity contribution in [2.24, 2.45) is 5.92 Å². The van der Waals surface area contributed by atoms with Crippen molar-refractivity contribution in [1.29, 1.82) is 0 Å². The van der Waals surface area contributed by atoms with Crippen LogP contribution in [0.4, 0.5) is 4.79 Å². The molecule has 1 rings (SSSR count). The molecule has 0 spiro atoms. The number of amides is 2. The first kappa shape index (κ1) is 18.2. The van der Waals surface area contributed by atoms with Crippen molar-refractivity contribution in [1.82, 2.24) is 15.5 Å². The molecule has 0 radical (unpaired) electrons. The number of piperidine rings is 1. The number of aliphatic hydroxyl groups excluding tert-OH is 1. The predicted molar refractivity (Wildman–Crippen MR) is 86.4 cm³/mol. The zero-order valence-electron chi connectivity index (χ0n) is 14.1. The van der Waals surface area contributed by atoms with Crippen LogP contribution in [0.15, 0.2) is 0 Å². The number of rotatable bonds is 7. The molecule has 21 heavy (non-hydrogen) atoms. The molecule has 0 aromatic rings. The third-order valence-electron chi connectivity index (χ3n) is 4.51. The average Bonchev–Trinajstić information content (AvgIpc) is 2.38. The van der Waals surface area contributed by atoms with Crippen LogP contribution in [0.3, 0.4) is 0 Å². The van der Waals surface area contributed by atoms with Gasteiger partial charge in [-0.15, -0.1) is 0 Å². The molecule has 1 fully saturated rings. The number of nitrogens with one attached hydrogen (secondary N) is 2. The molecular weight excluding hydrogens is 266 g/mol. The molecule has 1 saturated heterocycles. The molecule has 1 aliphatic rings. The van der Waals surface area contributed by atoms with E-state index in [0.717, 1.165) is 32.0 Å². The summed E-state index contributed by atoms with van der Waals surface area (Å²) in [7, 11) is 0. The Morgan fingerprint density at radius 3 is 2.81 bits per heavy atom. The molecule has 3 unspecified atom stereocenters. The number of aliphatic hydroxyl groups is 1. The van der Waals surface area contributed by atoms with E-state index >= 15 is 0 Å². The van der Waals surface area contributed by atoms with Crippen molar-refractivity contribution in [2.75, 3.05) is 26.2 Å². The number of carbonyl (C=O) groups is 1. The smallest absolute Gasteiger partial charge is 0.315 e. The summed E-state index contributed by atoms with van der Waals surface area (Å²) in [6.45, 7) is 11.6. The lowest BCUT2D eigenvalue weighted by Crippen LogP contribution is -2.54. The van der Waals surface area contributed by atoms with Crippen molar-refractivity contribution in [2.45, 2.75) is 65.0 Å². The number of carbonyl (C=O) groups excluding carboxylic acids is 1. The molecule has 124 valence electrons. The van der Waals surface area contributed by atoms with E-state index in [1.165, 1.54) is 12.8 Å². The minimum absolute atomic E-state index is 0.0891. The highest BCUT2D eigenvalue weighted by molar-refractivity contribution is 5.75. The zero-order chi connectivity index (χ0) is 15.9. The van der Waals surface area contributed by atoms with E-state index in [4.69, 9.17) is 5.11 Å². The molecule has 0 bridgehead atoms. The summed E-state index contributed by atoms with van der Waals surface area (Å²) in [5.41, 5.74) is -0.335. The molecule has 0 aromatic heterocycles. The molecule has 0 aliphatic carbocycles. The Hall–Kier alpha value is -0.810. The fraction of sp³-hybridized carbons (Fsp3) is 0.938. The lowest BCUT2D eigenvalue weighted by molar-refractivity contribution is 0.166. The van der Waals surface area contributed by atoms with Crippen LogP contribution < -0.4 is 10.6 Å². The second-order valence-electron chi connectivity index (χ2n) is 6.89. The summed E-state index contributed by atoms with van der Waals surface area (Å²) >= 11 is 0. The van der Waals surface area contributed by atoms with E-state index < -0.39 is 0 Å². The monoisotopic (exact) mass is 299 g/mol. The van der Waals surface area contributed by atoms with Gasteiger partial charge in [0.05, 0.1) is 0 Å². The topological polar surface area (TPSA) is 64.6 Å². The summed E-state index contributed by atoms with van der Waals surface area (Å²) in [4.78, 5) is 14.5. The molecule has 1 heterocycles. The highest BCUT2D eigenvalue weighted by Crippen LogP contribution is 2.16. The number of hydrogen-bond donors (Lipinski definition) is 3. The van der Waals surface area contributed by atoms with Crippen molar-refractivity contribution in [3.63, 3.8) is 0 Å². The quantitative estimate of drug-likeness (QED) is 0.673. The largest absolute Gasteiger partial charge is 0.396 e. The molecule has 2 amide bonds. The zero-order valence-corrected chi connectivity index (χ0v) is 14.1. The normalized spacial score (nSPS) is 24.1. The minimum atomic E-state index is -0.335. The van der Waals surface area contributed by atoms with Gasteiger partial charge in [0.15, 0.2) is 0 Å². The Morgan fingerprint density at radius 1 is 1.52 bits per heavy atom. The Kier molecular flexibility index (Phi) is 7.46. The van der Waals surface area contributed by atoms with Gasteiger partial charge in [0.25, 0.3) is 0 Å². The fourth-order valence-corrected chi connectivity index (χ4v) is 2.99. The van der Waals surface area contributed by atoms with Crippen LogP contribution in [0.25, 0.3) is 0 Å². The van der Waals surface area contributed by atoms with E-state index in [1.807, 2.05) is 20.8 Å². The Labute approximate surface area is 129 Å². The van der Waals surface area contributed by atoms with E-state index in [9.17, 15) is 4.79 Å². The van der Waals surface area contributed by atoms with Crippen molar-refractivity contribution in [3.05, 3.63) is 0 Å². The molecular formula is C16H33N3O2. The summed E-state index contributed by atoms with van der Waals surface area (Å²) in [5.74, 6) is 0.757. The summed E-state index contributed by atoms with van der Waals surface area (Å²) in [5, 5.41) is 15.1. The van der Waals surface area contributed by atoms with Gasteiger partial charge in [-0.2, -0.15) is 0 Å². The number of nitrogens with zero attached hydrogens (tertiary/aromatic N) is 1. The molecule has 3 N–H and O–H groups in total. The maximum atomic E-state index is 12.1. The second kappa shape index (κ2) is 8.59. The van der Waals surface area contributed by atoms with Crippen LogP contribution in [-0.2, 0) is 0 Å². The van der Waals surface area contributed by atoms with Crippen LogP contribution in [-0.4, -0.2) is 53.9 Å². The maximum Gasteiger partial charge on any atom is 0.315 e. The van der Waals surface area contributed by atoms with Gasteiger partial charge in [0, 0.05) is 31.3 Å². The number of urea groups is 1. The number of hydrogen-bond acceptors (Lipinski definition) is 3. The first-order valence-corrected chi connectivity index (χ1v) is 8.30. The lowest BCUT2D eigenvalue weighted by Gasteiger charge is -2.34. The van der Waals surface area contributed by atoms with E-state index in [0.29, 0.717) is 6.42 Å². The summed E-state index contributed by atoms with van der Waals surface area (Å²) < 4.78 is 0. The van der Waals surface area contributed by atoms with Gasteiger partial charge in [0.1, 0.15) is 0 Å². The third kappa shape index (κ3) is 6.66. The highest BCUT2D eigenvalue weighted by Gasteiger charge is 2.25. The predicted octanol–water partition coefficient (Wildman–Crippen LogP) is 1.96. The standard InChI is InChI=1S/C16H33N3O2/c1-5-16(4,8-10-20)18-15(21)17-14(3)12-19-9-6-7-13(2)11-19/h13-14,20H,5-12H2,1-4H3,(H2,17,18,21). The Morgan fingerprint density at radius 2 is 2.24 bits per heavy atom.